The van der Waals surface area contributed by atoms with E-state index < -0.39 is 0 Å². The van der Waals surface area contributed by atoms with Crippen LogP contribution in [-0.2, 0) is 9.59 Å². The summed E-state index contributed by atoms with van der Waals surface area (Å²) in [6.45, 7) is 5.78. The number of amides is 2. The zero-order valence-corrected chi connectivity index (χ0v) is 14.5. The molecule has 0 aliphatic rings. The van der Waals surface area contributed by atoms with Crippen LogP contribution in [0.5, 0.6) is 0 Å². The van der Waals surface area contributed by atoms with Gasteiger partial charge in [0.2, 0.25) is 11.8 Å². The third-order valence-electron chi connectivity index (χ3n) is 2.54. The van der Waals surface area contributed by atoms with E-state index in [1.807, 2.05) is 32.0 Å². The van der Waals surface area contributed by atoms with Gasteiger partial charge in [-0.05, 0) is 6.92 Å². The molecule has 0 bridgehead atoms. The molecule has 4 nitrogen and oxygen atoms in total. The van der Waals surface area contributed by atoms with Crippen LogP contribution >= 0.6 is 0 Å². The summed E-state index contributed by atoms with van der Waals surface area (Å²) in [5.41, 5.74) is 1.32. The maximum absolute atomic E-state index is 10.4. The fraction of sp³-hybridized carbons (Fsp3) is 0.529. The van der Waals surface area contributed by atoms with Crippen molar-refractivity contribution in [1.82, 2.24) is 9.80 Å². The van der Waals surface area contributed by atoms with Gasteiger partial charge in [0, 0.05) is 41.0 Å². The van der Waals surface area contributed by atoms with Crippen molar-refractivity contribution in [3.63, 3.8) is 0 Å². The molecule has 0 unspecified atom stereocenters. The minimum atomic E-state index is 0.181. The van der Waals surface area contributed by atoms with Crippen molar-refractivity contribution >= 4 is 11.8 Å². The predicted octanol–water partition coefficient (Wildman–Crippen LogP) is 2.96. The van der Waals surface area contributed by atoms with Gasteiger partial charge in [-0.2, -0.15) is 0 Å². The van der Waals surface area contributed by atoms with Crippen molar-refractivity contribution in [2.24, 2.45) is 0 Å². The summed E-state index contributed by atoms with van der Waals surface area (Å²) in [6.07, 6.45) is 1.21. The average molecular weight is 294 g/mol. The van der Waals surface area contributed by atoms with Crippen molar-refractivity contribution in [2.75, 3.05) is 28.2 Å². The van der Waals surface area contributed by atoms with Gasteiger partial charge in [0.1, 0.15) is 0 Å². The Morgan fingerprint density at radius 2 is 1.14 bits per heavy atom. The Hall–Kier alpha value is -1.84. The van der Waals surface area contributed by atoms with E-state index in [0.29, 0.717) is 12.8 Å². The first-order valence-corrected chi connectivity index (χ1v) is 7.18. The predicted molar refractivity (Wildman–Crippen MR) is 89.1 cm³/mol. The first kappa shape index (κ1) is 21.5. The molecule has 0 fully saturated rings. The molecule has 120 valence electrons. The number of nitrogens with zero attached hydrogens (tertiary/aromatic N) is 2. The number of carbonyl (C=O) groups is 2. The van der Waals surface area contributed by atoms with Crippen LogP contribution in [0.1, 0.15) is 32.3 Å². The molecule has 1 aromatic rings. The maximum atomic E-state index is 10.4. The Bertz CT molecular complexity index is 367. The van der Waals surface area contributed by atoms with Gasteiger partial charge in [-0.25, -0.2) is 0 Å². The van der Waals surface area contributed by atoms with E-state index >= 15 is 0 Å². The smallest absolute Gasteiger partial charge is 0.221 e. The van der Waals surface area contributed by atoms with Gasteiger partial charge in [0.15, 0.2) is 0 Å². The van der Waals surface area contributed by atoms with Crippen LogP contribution in [0.2, 0.25) is 0 Å². The zero-order valence-electron chi connectivity index (χ0n) is 14.5. The first-order valence-electron chi connectivity index (χ1n) is 7.18. The number of rotatable bonds is 2. The van der Waals surface area contributed by atoms with Crippen molar-refractivity contribution in [2.45, 2.75) is 33.6 Å². The van der Waals surface area contributed by atoms with Crippen LogP contribution in [0.3, 0.4) is 0 Å². The van der Waals surface area contributed by atoms with Crippen molar-refractivity contribution in [3.05, 3.63) is 35.9 Å². The Morgan fingerprint density at radius 1 is 0.810 bits per heavy atom. The molecule has 0 N–H and O–H groups in total. The maximum Gasteiger partial charge on any atom is 0.221 e. The van der Waals surface area contributed by atoms with Crippen LogP contribution in [0.25, 0.3) is 0 Å². The highest BCUT2D eigenvalue weighted by Gasteiger charge is 1.95. The molecular weight excluding hydrogens is 264 g/mol. The van der Waals surface area contributed by atoms with Crippen molar-refractivity contribution < 1.29 is 9.59 Å². The summed E-state index contributed by atoms with van der Waals surface area (Å²) in [7, 11) is 7.02. The minimum Gasteiger partial charge on any atom is -0.349 e. The monoisotopic (exact) mass is 294 g/mol. The van der Waals surface area contributed by atoms with Gasteiger partial charge in [-0.3, -0.25) is 9.59 Å². The lowest BCUT2D eigenvalue weighted by atomic mass is 10.2. The molecule has 0 aliphatic carbocycles. The summed E-state index contributed by atoms with van der Waals surface area (Å²) in [5, 5.41) is 0. The molecule has 1 aromatic carbocycles. The average Bonchev–Trinajstić information content (AvgIpc) is 2.47. The third-order valence-corrected chi connectivity index (χ3v) is 2.54. The van der Waals surface area contributed by atoms with E-state index in [1.54, 1.807) is 38.0 Å². The van der Waals surface area contributed by atoms with Gasteiger partial charge in [-0.1, -0.05) is 49.7 Å². The quantitative estimate of drug-likeness (QED) is 0.841. The third kappa shape index (κ3) is 14.4. The zero-order chi connectivity index (χ0) is 16.8. The molecule has 0 saturated heterocycles. The molecule has 2 amide bonds. The van der Waals surface area contributed by atoms with Crippen LogP contribution < -0.4 is 0 Å². The number of hydrogen-bond acceptors (Lipinski definition) is 2. The van der Waals surface area contributed by atoms with Crippen molar-refractivity contribution in [3.8, 4) is 0 Å². The lowest BCUT2D eigenvalue weighted by Gasteiger charge is -2.05. The summed E-state index contributed by atoms with van der Waals surface area (Å²) >= 11 is 0. The molecule has 21 heavy (non-hydrogen) atoms. The highest BCUT2D eigenvalue weighted by Crippen LogP contribution is 1.92. The highest BCUT2D eigenvalue weighted by atomic mass is 16.2. The van der Waals surface area contributed by atoms with Crippen LogP contribution in [-0.4, -0.2) is 49.8 Å². The van der Waals surface area contributed by atoms with Crippen LogP contribution in [0.4, 0.5) is 0 Å². The van der Waals surface area contributed by atoms with E-state index in [1.165, 1.54) is 5.56 Å². The summed E-state index contributed by atoms with van der Waals surface area (Å²) in [6, 6.07) is 10.3. The lowest BCUT2D eigenvalue weighted by molar-refractivity contribution is -0.129. The number of hydrogen-bond donors (Lipinski definition) is 0. The van der Waals surface area contributed by atoms with Gasteiger partial charge < -0.3 is 9.80 Å². The van der Waals surface area contributed by atoms with E-state index in [-0.39, 0.29) is 11.8 Å². The number of aryl methyl sites for hydroxylation is 1. The summed E-state index contributed by atoms with van der Waals surface area (Å²) in [4.78, 5) is 24.0. The van der Waals surface area contributed by atoms with Gasteiger partial charge in [0.05, 0.1) is 0 Å². The van der Waals surface area contributed by atoms with Crippen LogP contribution in [0, 0.1) is 6.92 Å². The molecule has 0 spiro atoms. The van der Waals surface area contributed by atoms with E-state index in [4.69, 9.17) is 0 Å². The highest BCUT2D eigenvalue weighted by molar-refractivity contribution is 5.75. The molecule has 0 atom stereocenters. The summed E-state index contributed by atoms with van der Waals surface area (Å²) < 4.78 is 0. The van der Waals surface area contributed by atoms with E-state index in [9.17, 15) is 9.59 Å². The molecule has 0 radical (unpaired) electrons. The van der Waals surface area contributed by atoms with Crippen molar-refractivity contribution in [1.29, 1.82) is 0 Å². The van der Waals surface area contributed by atoms with E-state index in [2.05, 4.69) is 19.1 Å². The molecule has 0 aromatic heterocycles. The second-order valence-corrected chi connectivity index (χ2v) is 4.94. The Labute approximate surface area is 129 Å². The molecule has 0 saturated carbocycles. The molecule has 4 heteroatoms. The first-order chi connectivity index (χ1) is 9.76. The molecule has 0 aliphatic heterocycles. The molecular formula is C17H30N2O2. The van der Waals surface area contributed by atoms with E-state index in [0.717, 1.165) is 0 Å². The topological polar surface area (TPSA) is 40.6 Å². The van der Waals surface area contributed by atoms with Gasteiger partial charge in [-0.15, -0.1) is 0 Å². The second-order valence-electron chi connectivity index (χ2n) is 4.94. The SMILES string of the molecule is CCC(=O)N(C)C.CCC(=O)N(C)C.Cc1ccccc1. The standard InChI is InChI=1S/C7H8.2C5H11NO/c1-7-5-3-2-4-6-7;2*1-4-5(7)6(2)3/h2-6H,1H3;2*4H2,1-3H3. The Morgan fingerprint density at radius 3 is 1.24 bits per heavy atom. The number of benzene rings is 1. The van der Waals surface area contributed by atoms with Gasteiger partial charge >= 0.3 is 0 Å². The normalized spacial score (nSPS) is 8.52. The largest absolute Gasteiger partial charge is 0.349 e. The van der Waals surface area contributed by atoms with Gasteiger partial charge in [0.25, 0.3) is 0 Å². The molecule has 1 rings (SSSR count). The Kier molecular flexibility index (Phi) is 13.4. The summed E-state index contributed by atoms with van der Waals surface area (Å²) in [5.74, 6) is 0.361. The second kappa shape index (κ2) is 13.2. The Balaban J connectivity index is 0. The lowest BCUT2D eigenvalue weighted by Crippen LogP contribution is -2.19. The fourth-order valence-corrected chi connectivity index (χ4v) is 1.17. The molecule has 0 heterocycles. The number of carbonyl (C=O) groups excluding carboxylic acids is 2. The minimum absolute atomic E-state index is 0.181. The fourth-order valence-electron chi connectivity index (χ4n) is 1.17. The van der Waals surface area contributed by atoms with Crippen LogP contribution in [0.15, 0.2) is 30.3 Å².